The van der Waals surface area contributed by atoms with Crippen LogP contribution in [0, 0.1) is 0 Å². The Balaban J connectivity index is 3.08. The van der Waals surface area contributed by atoms with Crippen molar-refractivity contribution < 1.29 is 14.6 Å². The molecule has 0 aliphatic heterocycles. The molecule has 0 radical (unpaired) electrons. The Bertz CT molecular complexity index is 435. The fraction of sp³-hybridized carbons (Fsp3) is 0.438. The molecule has 0 fully saturated rings. The van der Waals surface area contributed by atoms with Gasteiger partial charge in [-0.25, -0.2) is 4.79 Å². The van der Waals surface area contributed by atoms with E-state index in [1.54, 1.807) is 6.07 Å². The van der Waals surface area contributed by atoms with Gasteiger partial charge in [0.05, 0.1) is 12.7 Å². The summed E-state index contributed by atoms with van der Waals surface area (Å²) in [6.45, 7) is 2.22. The third-order valence-electron chi connectivity index (χ3n) is 3.01. The Kier molecular flexibility index (Phi) is 6.90. The summed E-state index contributed by atoms with van der Waals surface area (Å²) < 4.78 is 4.80. The van der Waals surface area contributed by atoms with Gasteiger partial charge in [0.1, 0.15) is 0 Å². The Morgan fingerprint density at radius 2 is 2.00 bits per heavy atom. The van der Waals surface area contributed by atoms with Gasteiger partial charge in [0, 0.05) is 6.61 Å². The van der Waals surface area contributed by atoms with E-state index in [0.717, 1.165) is 30.4 Å². The lowest BCUT2D eigenvalue weighted by Crippen LogP contribution is -2.05. The molecule has 0 bridgehead atoms. The summed E-state index contributed by atoms with van der Waals surface area (Å²) in [6.07, 6.45) is 5.86. The third kappa shape index (κ3) is 4.52. The molecule has 104 valence electrons. The third-order valence-corrected chi connectivity index (χ3v) is 3.01. The smallest absolute Gasteiger partial charge is 0.338 e. The van der Waals surface area contributed by atoms with Crippen LogP contribution in [0.2, 0.25) is 0 Å². The highest BCUT2D eigenvalue weighted by Gasteiger charge is 2.13. The van der Waals surface area contributed by atoms with E-state index in [2.05, 4.69) is 13.0 Å². The summed E-state index contributed by atoms with van der Waals surface area (Å²) in [5.41, 5.74) is 2.43. The molecule has 0 aromatic heterocycles. The van der Waals surface area contributed by atoms with Crippen molar-refractivity contribution in [2.75, 3.05) is 13.7 Å². The number of carbonyl (C=O) groups is 1. The molecule has 19 heavy (non-hydrogen) atoms. The van der Waals surface area contributed by atoms with Crippen LogP contribution >= 0.6 is 0 Å². The first-order chi connectivity index (χ1) is 9.24. The van der Waals surface area contributed by atoms with E-state index in [4.69, 9.17) is 4.74 Å². The minimum absolute atomic E-state index is 0.0769. The van der Waals surface area contributed by atoms with E-state index < -0.39 is 0 Å². The number of hydrogen-bond donors (Lipinski definition) is 1. The molecule has 1 aromatic rings. The average Bonchev–Trinajstić information content (AvgIpc) is 2.46. The van der Waals surface area contributed by atoms with E-state index in [0.29, 0.717) is 12.0 Å². The monoisotopic (exact) mass is 262 g/mol. The highest BCUT2D eigenvalue weighted by atomic mass is 16.5. The molecular weight excluding hydrogens is 240 g/mol. The predicted molar refractivity (Wildman–Crippen MR) is 77.0 cm³/mol. The Labute approximate surface area is 114 Å². The van der Waals surface area contributed by atoms with Gasteiger partial charge in [-0.1, -0.05) is 44.0 Å². The number of esters is 1. The molecule has 0 saturated heterocycles. The van der Waals surface area contributed by atoms with Crippen molar-refractivity contribution in [3.63, 3.8) is 0 Å². The summed E-state index contributed by atoms with van der Waals surface area (Å²) in [5, 5.41) is 9.18. The number of rotatable bonds is 7. The summed E-state index contributed by atoms with van der Waals surface area (Å²) in [6, 6.07) is 7.37. The second kappa shape index (κ2) is 8.48. The topological polar surface area (TPSA) is 46.5 Å². The fourth-order valence-corrected chi connectivity index (χ4v) is 2.00. The summed E-state index contributed by atoms with van der Waals surface area (Å²) in [4.78, 5) is 11.8. The lowest BCUT2D eigenvalue weighted by Gasteiger charge is -2.11. The maximum atomic E-state index is 11.8. The average molecular weight is 262 g/mol. The van der Waals surface area contributed by atoms with E-state index in [1.165, 1.54) is 7.11 Å². The van der Waals surface area contributed by atoms with Crippen molar-refractivity contribution in [2.24, 2.45) is 0 Å². The Morgan fingerprint density at radius 3 is 2.58 bits per heavy atom. The number of unbranched alkanes of at least 4 members (excludes halogenated alkanes) is 2. The lowest BCUT2D eigenvalue weighted by atomic mass is 9.96. The second-order valence-electron chi connectivity index (χ2n) is 4.38. The van der Waals surface area contributed by atoms with Gasteiger partial charge in [0.2, 0.25) is 0 Å². The first kappa shape index (κ1) is 15.4. The molecule has 0 spiro atoms. The Morgan fingerprint density at radius 1 is 1.32 bits per heavy atom. The van der Waals surface area contributed by atoms with Crippen LogP contribution in [0.15, 0.2) is 30.3 Å². The van der Waals surface area contributed by atoms with E-state index in [1.807, 2.05) is 18.2 Å². The molecule has 0 saturated carbocycles. The molecule has 1 rings (SSSR count). The minimum Gasteiger partial charge on any atom is -0.465 e. The quantitative estimate of drug-likeness (QED) is 0.605. The molecule has 1 N–H and O–H groups in total. The number of aliphatic hydroxyl groups excluding tert-OH is 1. The number of methoxy groups -OCH3 is 1. The van der Waals surface area contributed by atoms with Crippen molar-refractivity contribution >= 4 is 11.5 Å². The van der Waals surface area contributed by atoms with Gasteiger partial charge >= 0.3 is 5.97 Å². The van der Waals surface area contributed by atoms with Crippen molar-refractivity contribution in [1.29, 1.82) is 0 Å². The van der Waals surface area contributed by atoms with Crippen molar-refractivity contribution in [1.82, 2.24) is 0 Å². The van der Waals surface area contributed by atoms with Crippen LogP contribution < -0.4 is 0 Å². The minimum atomic E-state index is -0.338. The maximum absolute atomic E-state index is 11.8. The molecule has 0 heterocycles. The molecule has 3 nitrogen and oxygen atoms in total. The lowest BCUT2D eigenvalue weighted by molar-refractivity contribution is 0.0600. The normalized spacial score (nSPS) is 11.4. The van der Waals surface area contributed by atoms with E-state index >= 15 is 0 Å². The SMILES string of the molecule is CCCC/C=C(/CCO)c1ccccc1C(=O)OC. The fourth-order valence-electron chi connectivity index (χ4n) is 2.00. The van der Waals surface area contributed by atoms with Crippen LogP contribution in [0.1, 0.15) is 48.5 Å². The molecule has 0 atom stereocenters. The zero-order chi connectivity index (χ0) is 14.1. The molecule has 1 aromatic carbocycles. The summed E-state index contributed by atoms with van der Waals surface area (Å²) in [7, 11) is 1.38. The van der Waals surface area contributed by atoms with Gasteiger partial charge in [-0.2, -0.15) is 0 Å². The van der Waals surface area contributed by atoms with Crippen molar-refractivity contribution in [3.8, 4) is 0 Å². The van der Waals surface area contributed by atoms with Crippen LogP contribution in [0.5, 0.6) is 0 Å². The molecule has 0 aliphatic rings. The van der Waals surface area contributed by atoms with Crippen LogP contribution in [-0.4, -0.2) is 24.8 Å². The van der Waals surface area contributed by atoms with Crippen LogP contribution in [-0.2, 0) is 4.74 Å². The number of hydrogen-bond acceptors (Lipinski definition) is 3. The highest BCUT2D eigenvalue weighted by molar-refractivity contribution is 5.95. The van der Waals surface area contributed by atoms with E-state index in [9.17, 15) is 9.90 Å². The predicted octanol–water partition coefficient (Wildman–Crippen LogP) is 3.43. The first-order valence-electron chi connectivity index (χ1n) is 6.72. The zero-order valence-electron chi connectivity index (χ0n) is 11.7. The van der Waals surface area contributed by atoms with Gasteiger partial charge in [-0.15, -0.1) is 0 Å². The van der Waals surface area contributed by atoms with Crippen LogP contribution in [0.3, 0.4) is 0 Å². The standard InChI is InChI=1S/C16H22O3/c1-3-4-5-8-13(11-12-17)14-9-6-7-10-15(14)16(18)19-2/h6-10,17H,3-5,11-12H2,1-2H3/b13-8-. The van der Waals surface area contributed by atoms with Gasteiger partial charge in [-0.3, -0.25) is 0 Å². The highest BCUT2D eigenvalue weighted by Crippen LogP contribution is 2.24. The number of carbonyl (C=O) groups excluding carboxylic acids is 1. The van der Waals surface area contributed by atoms with Gasteiger partial charge in [0.15, 0.2) is 0 Å². The van der Waals surface area contributed by atoms with Crippen LogP contribution in [0.4, 0.5) is 0 Å². The van der Waals surface area contributed by atoms with Gasteiger partial charge < -0.3 is 9.84 Å². The first-order valence-corrected chi connectivity index (χ1v) is 6.72. The largest absolute Gasteiger partial charge is 0.465 e. The Hall–Kier alpha value is -1.61. The number of allylic oxidation sites excluding steroid dienone is 1. The molecule has 0 aliphatic carbocycles. The van der Waals surface area contributed by atoms with Gasteiger partial charge in [-0.05, 0) is 30.0 Å². The zero-order valence-corrected chi connectivity index (χ0v) is 11.7. The van der Waals surface area contributed by atoms with Crippen molar-refractivity contribution in [3.05, 3.63) is 41.5 Å². The number of benzene rings is 1. The molecule has 0 unspecified atom stereocenters. The molecule has 3 heteroatoms. The van der Waals surface area contributed by atoms with Gasteiger partial charge in [0.25, 0.3) is 0 Å². The molecular formula is C16H22O3. The van der Waals surface area contributed by atoms with Crippen LogP contribution in [0.25, 0.3) is 5.57 Å². The second-order valence-corrected chi connectivity index (χ2v) is 4.38. The number of ether oxygens (including phenoxy) is 1. The molecule has 0 amide bonds. The van der Waals surface area contributed by atoms with E-state index in [-0.39, 0.29) is 12.6 Å². The number of aliphatic hydroxyl groups is 1. The summed E-state index contributed by atoms with van der Waals surface area (Å²) >= 11 is 0. The summed E-state index contributed by atoms with van der Waals surface area (Å²) in [5.74, 6) is -0.338. The maximum Gasteiger partial charge on any atom is 0.338 e. The van der Waals surface area contributed by atoms with Crippen molar-refractivity contribution in [2.45, 2.75) is 32.6 Å².